The molecule has 0 radical (unpaired) electrons. The first-order valence-corrected chi connectivity index (χ1v) is 8.07. The lowest BCUT2D eigenvalue weighted by Crippen LogP contribution is -1.97. The minimum Gasteiger partial charge on any atom is -0.413 e. The molecule has 4 aromatic rings. The zero-order valence-electron chi connectivity index (χ0n) is 14.4. The minimum atomic E-state index is -0.467. The Bertz CT molecular complexity index is 1130. The first kappa shape index (κ1) is 16.9. The summed E-state index contributed by atoms with van der Waals surface area (Å²) in [7, 11) is 0. The first-order chi connectivity index (χ1) is 13.0. The Labute approximate surface area is 153 Å². The number of halogens is 2. The molecule has 6 nitrogen and oxygen atoms in total. The van der Waals surface area contributed by atoms with Crippen molar-refractivity contribution < 1.29 is 13.2 Å². The van der Waals surface area contributed by atoms with Crippen LogP contribution in [0.4, 0.5) is 8.78 Å². The first-order valence-electron chi connectivity index (χ1n) is 8.07. The number of aryl methyl sites for hydroxylation is 2. The molecule has 0 atom stereocenters. The molecule has 0 saturated heterocycles. The third kappa shape index (κ3) is 3.17. The number of rotatable bonds is 3. The van der Waals surface area contributed by atoms with Crippen LogP contribution in [-0.2, 0) is 0 Å². The number of pyridine rings is 3. The molecule has 4 heterocycles. The topological polar surface area (TPSA) is 77.6 Å². The van der Waals surface area contributed by atoms with Crippen molar-refractivity contribution in [3.05, 3.63) is 65.7 Å². The van der Waals surface area contributed by atoms with Gasteiger partial charge in [0.1, 0.15) is 17.2 Å². The Morgan fingerprint density at radius 2 is 1.67 bits per heavy atom. The Hall–Kier alpha value is -3.55. The van der Waals surface area contributed by atoms with Crippen molar-refractivity contribution in [1.29, 1.82) is 0 Å². The van der Waals surface area contributed by atoms with E-state index in [0.717, 1.165) is 11.8 Å². The number of nitrogens with zero attached hydrogens (tertiary/aromatic N) is 5. The summed E-state index contributed by atoms with van der Waals surface area (Å²) in [5, 5.41) is 7.88. The number of hydrogen-bond acceptors (Lipinski definition) is 6. The fourth-order valence-electron chi connectivity index (χ4n) is 2.64. The van der Waals surface area contributed by atoms with Crippen LogP contribution in [0.15, 0.2) is 47.3 Å². The van der Waals surface area contributed by atoms with Gasteiger partial charge in [0.15, 0.2) is 5.82 Å². The molecule has 0 bridgehead atoms. The molecule has 4 rings (SSSR count). The highest BCUT2D eigenvalue weighted by Gasteiger charge is 2.18. The van der Waals surface area contributed by atoms with Gasteiger partial charge in [-0.05, 0) is 43.7 Å². The largest absolute Gasteiger partial charge is 0.413 e. The maximum atomic E-state index is 14.7. The van der Waals surface area contributed by atoms with Crippen molar-refractivity contribution >= 4 is 0 Å². The molecule has 8 heteroatoms. The lowest BCUT2D eigenvalue weighted by Gasteiger charge is -2.09. The van der Waals surface area contributed by atoms with Gasteiger partial charge in [0.25, 0.3) is 11.8 Å². The molecule has 0 fully saturated rings. The Morgan fingerprint density at radius 1 is 0.889 bits per heavy atom. The highest BCUT2D eigenvalue weighted by molar-refractivity contribution is 5.71. The van der Waals surface area contributed by atoms with E-state index in [2.05, 4.69) is 25.1 Å². The summed E-state index contributed by atoms with van der Waals surface area (Å²) in [4.78, 5) is 12.2. The van der Waals surface area contributed by atoms with E-state index in [0.29, 0.717) is 22.5 Å². The van der Waals surface area contributed by atoms with Gasteiger partial charge in [-0.3, -0.25) is 4.98 Å². The number of aromatic nitrogens is 5. The lowest BCUT2D eigenvalue weighted by molar-refractivity contribution is 0.575. The summed E-state index contributed by atoms with van der Waals surface area (Å²) in [5.74, 6) is -0.671. The van der Waals surface area contributed by atoms with Crippen LogP contribution in [0.1, 0.15) is 11.3 Å². The lowest BCUT2D eigenvalue weighted by atomic mass is 10.0. The van der Waals surface area contributed by atoms with Crippen LogP contribution in [0.5, 0.6) is 0 Å². The second kappa shape index (κ2) is 6.64. The normalized spacial score (nSPS) is 11.0. The summed E-state index contributed by atoms with van der Waals surface area (Å²) in [6, 6.07) is 6.02. The van der Waals surface area contributed by atoms with Gasteiger partial charge >= 0.3 is 0 Å². The fraction of sp³-hybridized carbons (Fsp3) is 0.105. The van der Waals surface area contributed by atoms with Crippen LogP contribution >= 0.6 is 0 Å². The molecule has 0 N–H and O–H groups in total. The van der Waals surface area contributed by atoms with E-state index in [-0.39, 0.29) is 17.5 Å². The monoisotopic (exact) mass is 365 g/mol. The maximum absolute atomic E-state index is 14.7. The van der Waals surface area contributed by atoms with Gasteiger partial charge in [0.2, 0.25) is 0 Å². The Morgan fingerprint density at radius 3 is 2.37 bits per heavy atom. The zero-order chi connectivity index (χ0) is 19.0. The van der Waals surface area contributed by atoms with Crippen molar-refractivity contribution in [3.63, 3.8) is 0 Å². The average Bonchev–Trinajstić information content (AvgIpc) is 3.15. The van der Waals surface area contributed by atoms with Gasteiger partial charge < -0.3 is 4.42 Å². The van der Waals surface area contributed by atoms with Crippen molar-refractivity contribution in [3.8, 4) is 34.3 Å². The second-order valence-corrected chi connectivity index (χ2v) is 5.92. The van der Waals surface area contributed by atoms with E-state index in [1.165, 1.54) is 12.1 Å². The molecule has 0 aliphatic rings. The molecule has 0 amide bonds. The molecule has 134 valence electrons. The van der Waals surface area contributed by atoms with Crippen molar-refractivity contribution in [1.82, 2.24) is 25.1 Å². The van der Waals surface area contributed by atoms with Crippen molar-refractivity contribution in [2.75, 3.05) is 0 Å². The average molecular weight is 365 g/mol. The SMILES string of the molecule is Cc1ccncc1-c1cc(-c2nnc(-c3ccc(F)cn3)o2)nc(C)c1F. The summed E-state index contributed by atoms with van der Waals surface area (Å²) >= 11 is 0. The van der Waals surface area contributed by atoms with E-state index < -0.39 is 11.6 Å². The standard InChI is InChI=1S/C19H13F2N5O/c1-10-5-6-22-9-14(10)13-7-16(24-11(2)17(13)21)19-26-25-18(27-19)15-4-3-12(20)8-23-15/h3-9H,1-2H3. The summed E-state index contributed by atoms with van der Waals surface area (Å²) in [6.45, 7) is 3.43. The van der Waals surface area contributed by atoms with Gasteiger partial charge in [-0.1, -0.05) is 0 Å². The minimum absolute atomic E-state index is 0.113. The van der Waals surface area contributed by atoms with Gasteiger partial charge in [-0.15, -0.1) is 10.2 Å². The molecular formula is C19H13F2N5O. The molecule has 0 aliphatic carbocycles. The third-order valence-corrected chi connectivity index (χ3v) is 4.04. The van der Waals surface area contributed by atoms with E-state index in [4.69, 9.17) is 4.42 Å². The molecule has 0 aromatic carbocycles. The molecule has 4 aromatic heterocycles. The summed E-state index contributed by atoms with van der Waals surface area (Å²) in [5.41, 5.74) is 2.74. The van der Waals surface area contributed by atoms with Gasteiger partial charge in [0, 0.05) is 23.5 Å². The van der Waals surface area contributed by atoms with Crippen LogP contribution in [0.3, 0.4) is 0 Å². The predicted molar refractivity (Wildman–Crippen MR) is 93.4 cm³/mol. The van der Waals surface area contributed by atoms with E-state index >= 15 is 0 Å². The molecular weight excluding hydrogens is 352 g/mol. The van der Waals surface area contributed by atoms with Crippen molar-refractivity contribution in [2.24, 2.45) is 0 Å². The summed E-state index contributed by atoms with van der Waals surface area (Å²) in [6.07, 6.45) is 4.30. The van der Waals surface area contributed by atoms with Crippen molar-refractivity contribution in [2.45, 2.75) is 13.8 Å². The van der Waals surface area contributed by atoms with Crippen LogP contribution in [0.25, 0.3) is 34.3 Å². The highest BCUT2D eigenvalue weighted by Crippen LogP contribution is 2.31. The molecule has 0 saturated carbocycles. The summed E-state index contributed by atoms with van der Waals surface area (Å²) < 4.78 is 33.3. The fourth-order valence-corrected chi connectivity index (χ4v) is 2.64. The van der Waals surface area contributed by atoms with Crippen LogP contribution in [0, 0.1) is 25.5 Å². The number of hydrogen-bond donors (Lipinski definition) is 0. The molecule has 0 aliphatic heterocycles. The van der Waals surface area contributed by atoms with Crippen LogP contribution < -0.4 is 0 Å². The van der Waals surface area contributed by atoms with Crippen LogP contribution in [-0.4, -0.2) is 25.1 Å². The van der Waals surface area contributed by atoms with E-state index in [1.54, 1.807) is 31.5 Å². The Kier molecular flexibility index (Phi) is 4.15. The maximum Gasteiger partial charge on any atom is 0.266 e. The van der Waals surface area contributed by atoms with Crippen LogP contribution in [0.2, 0.25) is 0 Å². The molecule has 0 spiro atoms. The molecule has 27 heavy (non-hydrogen) atoms. The van der Waals surface area contributed by atoms with E-state index in [1.807, 2.05) is 6.92 Å². The second-order valence-electron chi connectivity index (χ2n) is 5.92. The van der Waals surface area contributed by atoms with E-state index in [9.17, 15) is 8.78 Å². The van der Waals surface area contributed by atoms with Gasteiger partial charge in [-0.25, -0.2) is 18.7 Å². The highest BCUT2D eigenvalue weighted by atomic mass is 19.1. The molecule has 0 unspecified atom stereocenters. The third-order valence-electron chi connectivity index (χ3n) is 4.04. The quantitative estimate of drug-likeness (QED) is 0.543. The predicted octanol–water partition coefficient (Wildman–Crippen LogP) is 4.15. The smallest absolute Gasteiger partial charge is 0.266 e. The zero-order valence-corrected chi connectivity index (χ0v) is 14.4. The Balaban J connectivity index is 1.79. The van der Waals surface area contributed by atoms with Gasteiger partial charge in [-0.2, -0.15) is 0 Å². The van der Waals surface area contributed by atoms with Gasteiger partial charge in [0.05, 0.1) is 11.9 Å².